The van der Waals surface area contributed by atoms with Gasteiger partial charge < -0.3 is 10.6 Å². The molecule has 0 bridgehead atoms. The van der Waals surface area contributed by atoms with E-state index in [4.69, 9.17) is 0 Å². The van der Waals surface area contributed by atoms with Crippen molar-refractivity contribution in [3.63, 3.8) is 0 Å². The minimum absolute atomic E-state index is 0.0706. The van der Waals surface area contributed by atoms with Crippen LogP contribution in [0.3, 0.4) is 0 Å². The molecule has 0 spiro atoms. The lowest BCUT2D eigenvalue weighted by molar-refractivity contribution is 0.0928. The molecule has 0 aromatic carbocycles. The Morgan fingerprint density at radius 2 is 2.43 bits per heavy atom. The van der Waals surface area contributed by atoms with Gasteiger partial charge in [0.1, 0.15) is 0 Å². The largest absolute Gasteiger partial charge is 0.346 e. The highest BCUT2D eigenvalue weighted by molar-refractivity contribution is 7.14. The summed E-state index contributed by atoms with van der Waals surface area (Å²) < 4.78 is 0. The van der Waals surface area contributed by atoms with Crippen molar-refractivity contribution in [3.8, 4) is 0 Å². The molecular formula is C10H14N2OS. The van der Waals surface area contributed by atoms with E-state index in [-0.39, 0.29) is 5.91 Å². The van der Waals surface area contributed by atoms with Crippen LogP contribution in [0.15, 0.2) is 12.1 Å². The third kappa shape index (κ3) is 1.96. The second kappa shape index (κ2) is 4.11. The van der Waals surface area contributed by atoms with E-state index in [0.29, 0.717) is 6.04 Å². The van der Waals surface area contributed by atoms with Gasteiger partial charge in [0.15, 0.2) is 0 Å². The Labute approximate surface area is 87.5 Å². The van der Waals surface area contributed by atoms with Gasteiger partial charge >= 0.3 is 0 Å². The minimum atomic E-state index is 0.0706. The number of nitrogens with one attached hydrogen (secondary N) is 2. The van der Waals surface area contributed by atoms with Gasteiger partial charge in [-0.3, -0.25) is 4.79 Å². The smallest absolute Gasteiger partial charge is 0.261 e. The van der Waals surface area contributed by atoms with E-state index in [1.807, 2.05) is 12.1 Å². The van der Waals surface area contributed by atoms with Gasteiger partial charge in [0.05, 0.1) is 10.9 Å². The second-order valence-corrected chi connectivity index (χ2v) is 4.62. The standard InChI is InChI=1S/C10H14N2OS/c1-2-8-3-4-9(14-8)10(13)12-7-5-11-6-7/h3-4,7,11H,2,5-6H2,1H3,(H,12,13). The van der Waals surface area contributed by atoms with Crippen LogP contribution in [-0.4, -0.2) is 25.0 Å². The zero-order valence-electron chi connectivity index (χ0n) is 8.17. The SMILES string of the molecule is CCc1ccc(C(=O)NC2CNC2)s1. The third-order valence-electron chi connectivity index (χ3n) is 2.35. The number of amides is 1. The normalized spacial score (nSPS) is 16.4. The number of carbonyl (C=O) groups excluding carboxylic acids is 1. The molecule has 0 aliphatic carbocycles. The van der Waals surface area contributed by atoms with Crippen LogP contribution >= 0.6 is 11.3 Å². The monoisotopic (exact) mass is 210 g/mol. The molecular weight excluding hydrogens is 196 g/mol. The molecule has 2 rings (SSSR count). The Kier molecular flexibility index (Phi) is 2.84. The lowest BCUT2D eigenvalue weighted by Gasteiger charge is -2.27. The zero-order chi connectivity index (χ0) is 9.97. The van der Waals surface area contributed by atoms with Crippen molar-refractivity contribution in [2.24, 2.45) is 0 Å². The van der Waals surface area contributed by atoms with E-state index in [1.165, 1.54) is 4.88 Å². The first-order chi connectivity index (χ1) is 6.79. The number of thiophene rings is 1. The van der Waals surface area contributed by atoms with Crippen LogP contribution in [-0.2, 0) is 6.42 Å². The summed E-state index contributed by atoms with van der Waals surface area (Å²) in [6.07, 6.45) is 1.00. The highest BCUT2D eigenvalue weighted by atomic mass is 32.1. The van der Waals surface area contributed by atoms with Crippen LogP contribution < -0.4 is 10.6 Å². The van der Waals surface area contributed by atoms with Crippen molar-refractivity contribution in [1.82, 2.24) is 10.6 Å². The second-order valence-electron chi connectivity index (χ2n) is 3.45. The van der Waals surface area contributed by atoms with E-state index < -0.39 is 0 Å². The molecule has 14 heavy (non-hydrogen) atoms. The summed E-state index contributed by atoms with van der Waals surface area (Å²) in [6, 6.07) is 4.26. The summed E-state index contributed by atoms with van der Waals surface area (Å²) in [6.45, 7) is 3.90. The van der Waals surface area contributed by atoms with Gasteiger partial charge in [0, 0.05) is 18.0 Å². The first-order valence-electron chi connectivity index (χ1n) is 4.90. The summed E-state index contributed by atoms with van der Waals surface area (Å²) in [7, 11) is 0. The fourth-order valence-electron chi connectivity index (χ4n) is 1.34. The van der Waals surface area contributed by atoms with Crippen LogP contribution in [0.4, 0.5) is 0 Å². The van der Waals surface area contributed by atoms with Crippen LogP contribution in [0.5, 0.6) is 0 Å². The quantitative estimate of drug-likeness (QED) is 0.782. The fraction of sp³-hybridized carbons (Fsp3) is 0.500. The first-order valence-corrected chi connectivity index (χ1v) is 5.71. The van der Waals surface area contributed by atoms with E-state index in [1.54, 1.807) is 11.3 Å². The zero-order valence-corrected chi connectivity index (χ0v) is 8.99. The summed E-state index contributed by atoms with van der Waals surface area (Å²) in [5.41, 5.74) is 0. The molecule has 1 aromatic rings. The Balaban J connectivity index is 1.95. The molecule has 1 aliphatic rings. The molecule has 0 atom stereocenters. The Morgan fingerprint density at radius 1 is 1.64 bits per heavy atom. The van der Waals surface area contributed by atoms with Gasteiger partial charge in [-0.15, -0.1) is 11.3 Å². The van der Waals surface area contributed by atoms with Crippen molar-refractivity contribution < 1.29 is 4.79 Å². The summed E-state index contributed by atoms with van der Waals surface area (Å²) >= 11 is 1.59. The Morgan fingerprint density at radius 3 is 2.93 bits per heavy atom. The number of hydrogen-bond donors (Lipinski definition) is 2. The molecule has 3 nitrogen and oxygen atoms in total. The molecule has 0 radical (unpaired) electrons. The van der Waals surface area contributed by atoms with Gasteiger partial charge in [0.2, 0.25) is 0 Å². The van der Waals surface area contributed by atoms with E-state index >= 15 is 0 Å². The molecule has 2 heterocycles. The molecule has 2 N–H and O–H groups in total. The maximum Gasteiger partial charge on any atom is 0.261 e. The molecule has 1 aromatic heterocycles. The topological polar surface area (TPSA) is 41.1 Å². The Hall–Kier alpha value is -0.870. The van der Waals surface area contributed by atoms with Gasteiger partial charge in [0.25, 0.3) is 5.91 Å². The lowest BCUT2D eigenvalue weighted by atomic mass is 10.2. The highest BCUT2D eigenvalue weighted by Gasteiger charge is 2.20. The van der Waals surface area contributed by atoms with E-state index in [2.05, 4.69) is 17.6 Å². The molecule has 1 saturated heterocycles. The van der Waals surface area contributed by atoms with Crippen LogP contribution in [0, 0.1) is 0 Å². The average Bonchev–Trinajstić information content (AvgIpc) is 2.59. The molecule has 1 aliphatic heterocycles. The number of aryl methyl sites for hydroxylation is 1. The van der Waals surface area contributed by atoms with Gasteiger partial charge in [-0.2, -0.15) is 0 Å². The average molecular weight is 210 g/mol. The molecule has 0 saturated carbocycles. The molecule has 1 amide bonds. The predicted molar refractivity (Wildman–Crippen MR) is 57.8 cm³/mol. The highest BCUT2D eigenvalue weighted by Crippen LogP contribution is 2.16. The predicted octanol–water partition coefficient (Wildman–Crippen LogP) is 1.01. The molecule has 0 unspecified atom stereocenters. The van der Waals surface area contributed by atoms with Gasteiger partial charge in [-0.1, -0.05) is 6.92 Å². The van der Waals surface area contributed by atoms with Crippen LogP contribution in [0.1, 0.15) is 21.5 Å². The van der Waals surface area contributed by atoms with Gasteiger partial charge in [-0.25, -0.2) is 0 Å². The third-order valence-corrected chi connectivity index (χ3v) is 3.58. The van der Waals surface area contributed by atoms with Gasteiger partial charge in [-0.05, 0) is 18.6 Å². The fourth-order valence-corrected chi connectivity index (χ4v) is 2.19. The van der Waals surface area contributed by atoms with Crippen LogP contribution in [0.2, 0.25) is 0 Å². The van der Waals surface area contributed by atoms with E-state index in [0.717, 1.165) is 24.4 Å². The first kappa shape index (κ1) is 9.68. The molecule has 4 heteroatoms. The lowest BCUT2D eigenvalue weighted by Crippen LogP contribution is -2.56. The minimum Gasteiger partial charge on any atom is -0.346 e. The summed E-state index contributed by atoms with van der Waals surface area (Å²) in [5, 5.41) is 6.10. The summed E-state index contributed by atoms with van der Waals surface area (Å²) in [5.74, 6) is 0.0706. The van der Waals surface area contributed by atoms with Crippen molar-refractivity contribution in [2.45, 2.75) is 19.4 Å². The van der Waals surface area contributed by atoms with Crippen LogP contribution in [0.25, 0.3) is 0 Å². The van der Waals surface area contributed by atoms with Crippen molar-refractivity contribution in [2.75, 3.05) is 13.1 Å². The number of hydrogen-bond acceptors (Lipinski definition) is 3. The van der Waals surface area contributed by atoms with Crippen molar-refractivity contribution >= 4 is 17.2 Å². The van der Waals surface area contributed by atoms with E-state index in [9.17, 15) is 4.79 Å². The summed E-state index contributed by atoms with van der Waals surface area (Å²) in [4.78, 5) is 13.7. The number of carbonyl (C=O) groups is 1. The van der Waals surface area contributed by atoms with Crippen molar-refractivity contribution in [1.29, 1.82) is 0 Å². The van der Waals surface area contributed by atoms with Crippen molar-refractivity contribution in [3.05, 3.63) is 21.9 Å². The number of rotatable bonds is 3. The maximum absolute atomic E-state index is 11.6. The Bertz CT molecular complexity index is 331. The molecule has 76 valence electrons. The maximum atomic E-state index is 11.6. The molecule has 1 fully saturated rings.